The predicted octanol–water partition coefficient (Wildman–Crippen LogP) is 3.94. The standard InChI is InChI=1S/C20H20FN5OS/c21-13-9-16-18(28-20(25-16)24-14-4-1-2-6-17(14)27)8-12(13)10-26-11-23-15-5-3-7-22-19(15)26/h3,5,7-9,11,14,17,27H,1-2,4,6,10H2,(H,24,25)/t14-,17-/m1/s1. The minimum atomic E-state index is -0.352. The Kier molecular flexibility index (Phi) is 4.44. The molecule has 0 amide bonds. The molecule has 3 heterocycles. The van der Waals surface area contributed by atoms with Crippen LogP contribution in [0.4, 0.5) is 9.52 Å². The van der Waals surface area contributed by atoms with Crippen molar-refractivity contribution in [3.63, 3.8) is 0 Å². The Bertz CT molecular complexity index is 1140. The smallest absolute Gasteiger partial charge is 0.184 e. The summed E-state index contributed by atoms with van der Waals surface area (Å²) in [7, 11) is 0. The van der Waals surface area contributed by atoms with Gasteiger partial charge in [0.15, 0.2) is 10.8 Å². The van der Waals surface area contributed by atoms with Crippen LogP contribution in [0.15, 0.2) is 36.8 Å². The number of thiazole rings is 1. The number of aliphatic hydroxyl groups excluding tert-OH is 1. The molecule has 1 aromatic carbocycles. The van der Waals surface area contributed by atoms with E-state index in [-0.39, 0.29) is 18.0 Å². The Morgan fingerprint density at radius 3 is 3.00 bits per heavy atom. The Morgan fingerprint density at radius 2 is 2.11 bits per heavy atom. The molecule has 2 atom stereocenters. The van der Waals surface area contributed by atoms with E-state index in [1.807, 2.05) is 22.8 Å². The van der Waals surface area contributed by atoms with Crippen LogP contribution >= 0.6 is 11.3 Å². The van der Waals surface area contributed by atoms with E-state index in [1.165, 1.54) is 17.4 Å². The molecule has 1 saturated carbocycles. The molecule has 0 spiro atoms. The van der Waals surface area contributed by atoms with Crippen molar-refractivity contribution in [1.82, 2.24) is 19.5 Å². The lowest BCUT2D eigenvalue weighted by Crippen LogP contribution is -2.36. The molecular weight excluding hydrogens is 377 g/mol. The molecule has 0 bridgehead atoms. The third kappa shape index (κ3) is 3.22. The monoisotopic (exact) mass is 397 g/mol. The number of anilines is 1. The van der Waals surface area contributed by atoms with Crippen molar-refractivity contribution in [1.29, 1.82) is 0 Å². The molecule has 5 rings (SSSR count). The Labute approximate surface area is 165 Å². The van der Waals surface area contributed by atoms with Crippen molar-refractivity contribution in [2.75, 3.05) is 5.32 Å². The average Bonchev–Trinajstić information content (AvgIpc) is 3.27. The van der Waals surface area contributed by atoms with Crippen LogP contribution in [0.3, 0.4) is 0 Å². The number of benzene rings is 1. The van der Waals surface area contributed by atoms with Crippen molar-refractivity contribution in [3.05, 3.63) is 48.2 Å². The number of aliphatic hydroxyl groups is 1. The molecule has 1 aliphatic carbocycles. The number of aromatic nitrogens is 4. The molecule has 1 aliphatic rings. The highest BCUT2D eigenvalue weighted by Crippen LogP contribution is 2.31. The van der Waals surface area contributed by atoms with Gasteiger partial charge in [0.05, 0.1) is 35.2 Å². The van der Waals surface area contributed by atoms with Crippen LogP contribution < -0.4 is 5.32 Å². The molecule has 2 N–H and O–H groups in total. The van der Waals surface area contributed by atoms with Gasteiger partial charge in [-0.25, -0.2) is 19.3 Å². The van der Waals surface area contributed by atoms with E-state index >= 15 is 0 Å². The zero-order chi connectivity index (χ0) is 19.1. The normalized spacial score (nSPS) is 20.1. The maximum Gasteiger partial charge on any atom is 0.184 e. The zero-order valence-electron chi connectivity index (χ0n) is 15.2. The van der Waals surface area contributed by atoms with Gasteiger partial charge in [0.1, 0.15) is 11.3 Å². The van der Waals surface area contributed by atoms with Gasteiger partial charge in [0, 0.05) is 17.8 Å². The second-order valence-electron chi connectivity index (χ2n) is 7.25. The molecule has 144 valence electrons. The summed E-state index contributed by atoms with van der Waals surface area (Å²) >= 11 is 1.49. The fourth-order valence-electron chi connectivity index (χ4n) is 3.81. The van der Waals surface area contributed by atoms with Gasteiger partial charge in [0.2, 0.25) is 0 Å². The maximum absolute atomic E-state index is 14.7. The van der Waals surface area contributed by atoms with Crippen LogP contribution in [0.5, 0.6) is 0 Å². The van der Waals surface area contributed by atoms with Crippen LogP contribution in [-0.4, -0.2) is 36.8 Å². The summed E-state index contributed by atoms with van der Waals surface area (Å²) < 4.78 is 17.5. The topological polar surface area (TPSA) is 75.9 Å². The van der Waals surface area contributed by atoms with Gasteiger partial charge in [-0.3, -0.25) is 0 Å². The summed E-state index contributed by atoms with van der Waals surface area (Å²) in [5.74, 6) is -0.292. The molecule has 0 unspecified atom stereocenters. The minimum Gasteiger partial charge on any atom is -0.391 e. The Morgan fingerprint density at radius 1 is 1.21 bits per heavy atom. The average molecular weight is 397 g/mol. The van der Waals surface area contributed by atoms with Gasteiger partial charge in [-0.15, -0.1) is 0 Å². The van der Waals surface area contributed by atoms with Gasteiger partial charge >= 0.3 is 0 Å². The second kappa shape index (κ2) is 7.10. The summed E-state index contributed by atoms with van der Waals surface area (Å²) in [4.78, 5) is 13.2. The van der Waals surface area contributed by atoms with Crippen LogP contribution in [0, 0.1) is 5.82 Å². The number of pyridine rings is 1. The van der Waals surface area contributed by atoms with Crippen LogP contribution in [0.2, 0.25) is 0 Å². The van der Waals surface area contributed by atoms with E-state index in [1.54, 1.807) is 12.5 Å². The highest BCUT2D eigenvalue weighted by molar-refractivity contribution is 7.22. The van der Waals surface area contributed by atoms with Gasteiger partial charge in [0.25, 0.3) is 0 Å². The summed E-state index contributed by atoms with van der Waals surface area (Å²) in [6.45, 7) is 0.358. The molecule has 6 nitrogen and oxygen atoms in total. The van der Waals surface area contributed by atoms with Crippen molar-refractivity contribution in [3.8, 4) is 0 Å². The first-order valence-electron chi connectivity index (χ1n) is 9.47. The fraction of sp³-hybridized carbons (Fsp3) is 0.350. The SMILES string of the molecule is O[C@@H]1CCCC[C@H]1Nc1nc2cc(F)c(Cn3cnc4cccnc43)cc2s1. The van der Waals surface area contributed by atoms with Crippen molar-refractivity contribution in [2.45, 2.75) is 44.4 Å². The fourth-order valence-corrected chi connectivity index (χ4v) is 4.78. The van der Waals surface area contributed by atoms with Gasteiger partial charge in [-0.1, -0.05) is 24.2 Å². The van der Waals surface area contributed by atoms with Crippen molar-refractivity contribution < 1.29 is 9.50 Å². The summed E-state index contributed by atoms with van der Waals surface area (Å²) in [5.41, 5.74) is 2.73. The number of rotatable bonds is 4. The van der Waals surface area contributed by atoms with E-state index < -0.39 is 0 Å². The maximum atomic E-state index is 14.7. The van der Waals surface area contributed by atoms with E-state index in [4.69, 9.17) is 0 Å². The summed E-state index contributed by atoms with van der Waals surface area (Å²) in [6, 6.07) is 7.07. The quantitative estimate of drug-likeness (QED) is 0.545. The molecule has 0 saturated heterocycles. The first-order chi connectivity index (χ1) is 13.7. The molecule has 8 heteroatoms. The van der Waals surface area contributed by atoms with Gasteiger partial charge in [-0.2, -0.15) is 0 Å². The first kappa shape index (κ1) is 17.5. The second-order valence-corrected chi connectivity index (χ2v) is 8.28. The lowest BCUT2D eigenvalue weighted by molar-refractivity contribution is 0.116. The zero-order valence-corrected chi connectivity index (χ0v) is 16.0. The van der Waals surface area contributed by atoms with E-state index in [9.17, 15) is 9.50 Å². The lowest BCUT2D eigenvalue weighted by atomic mass is 9.93. The van der Waals surface area contributed by atoms with Crippen molar-refractivity contribution >= 4 is 37.8 Å². The highest BCUT2D eigenvalue weighted by atomic mass is 32.1. The number of hydrogen-bond acceptors (Lipinski definition) is 6. The first-order valence-corrected chi connectivity index (χ1v) is 10.3. The molecule has 0 radical (unpaired) electrons. The largest absolute Gasteiger partial charge is 0.391 e. The number of hydrogen-bond donors (Lipinski definition) is 2. The van der Waals surface area contributed by atoms with Crippen LogP contribution in [0.25, 0.3) is 21.4 Å². The number of imidazole rings is 1. The Hall–Kier alpha value is -2.58. The van der Waals surface area contributed by atoms with Crippen LogP contribution in [0.1, 0.15) is 31.2 Å². The predicted molar refractivity (Wildman–Crippen MR) is 108 cm³/mol. The number of nitrogens with zero attached hydrogens (tertiary/aromatic N) is 4. The molecular formula is C20H20FN5OS. The number of nitrogens with one attached hydrogen (secondary N) is 1. The third-order valence-electron chi connectivity index (χ3n) is 5.31. The van der Waals surface area contributed by atoms with Crippen molar-refractivity contribution in [2.24, 2.45) is 0 Å². The third-order valence-corrected chi connectivity index (χ3v) is 6.26. The van der Waals surface area contributed by atoms with Gasteiger partial charge < -0.3 is 15.0 Å². The van der Waals surface area contributed by atoms with E-state index in [0.717, 1.165) is 46.7 Å². The molecule has 1 fully saturated rings. The summed E-state index contributed by atoms with van der Waals surface area (Å²) in [5, 5.41) is 14.2. The number of halogens is 1. The van der Waals surface area contributed by atoms with Crippen LogP contribution in [-0.2, 0) is 6.54 Å². The summed E-state index contributed by atoms with van der Waals surface area (Å²) in [6.07, 6.45) is 6.95. The lowest BCUT2D eigenvalue weighted by Gasteiger charge is -2.27. The molecule has 3 aromatic heterocycles. The van der Waals surface area contributed by atoms with E-state index in [0.29, 0.717) is 17.6 Å². The molecule has 0 aliphatic heterocycles. The van der Waals surface area contributed by atoms with E-state index in [2.05, 4.69) is 20.3 Å². The molecule has 4 aromatic rings. The molecule has 28 heavy (non-hydrogen) atoms. The number of fused-ring (bicyclic) bond motifs is 2. The minimum absolute atomic E-state index is 0.0158. The Balaban J connectivity index is 1.43. The highest BCUT2D eigenvalue weighted by Gasteiger charge is 2.24. The van der Waals surface area contributed by atoms with Gasteiger partial charge in [-0.05, 0) is 31.0 Å².